The van der Waals surface area contributed by atoms with Crippen molar-refractivity contribution in [2.24, 2.45) is 0 Å². The molecule has 9 heteroatoms. The lowest BCUT2D eigenvalue weighted by Crippen LogP contribution is -2.36. The molecule has 164 valence electrons. The predicted molar refractivity (Wildman–Crippen MR) is 120 cm³/mol. The maximum Gasteiger partial charge on any atom is 0.158 e. The Morgan fingerprint density at radius 2 is 1.81 bits per heavy atom. The van der Waals surface area contributed by atoms with Gasteiger partial charge in [-0.05, 0) is 31.7 Å². The molecule has 2 aromatic heterocycles. The molecule has 0 radical (unpaired) electrons. The van der Waals surface area contributed by atoms with Gasteiger partial charge in [0.05, 0.1) is 37.2 Å². The maximum atomic E-state index is 8.85. The van der Waals surface area contributed by atoms with E-state index in [1.165, 1.54) is 6.20 Å². The van der Waals surface area contributed by atoms with Crippen LogP contribution in [0.2, 0.25) is 0 Å². The second-order valence-electron chi connectivity index (χ2n) is 8.10. The van der Waals surface area contributed by atoms with E-state index in [1.54, 1.807) is 18.6 Å². The van der Waals surface area contributed by atoms with E-state index in [9.17, 15) is 0 Å². The fraction of sp³-hybridized carbons (Fsp3) is 0.435. The zero-order chi connectivity index (χ0) is 21.8. The highest BCUT2D eigenvalue weighted by Gasteiger charge is 2.24. The van der Waals surface area contributed by atoms with Crippen molar-refractivity contribution < 1.29 is 9.47 Å². The second kappa shape index (κ2) is 9.32. The molecule has 1 saturated heterocycles. The van der Waals surface area contributed by atoms with Crippen molar-refractivity contribution in [2.75, 3.05) is 36.5 Å². The Morgan fingerprint density at radius 3 is 2.56 bits per heavy atom. The van der Waals surface area contributed by atoms with Gasteiger partial charge in [-0.25, -0.2) is 15.0 Å². The Labute approximate surface area is 186 Å². The van der Waals surface area contributed by atoms with Gasteiger partial charge in [-0.2, -0.15) is 5.26 Å². The Morgan fingerprint density at radius 1 is 1.00 bits per heavy atom. The van der Waals surface area contributed by atoms with Gasteiger partial charge in [0.15, 0.2) is 5.69 Å². The van der Waals surface area contributed by atoms with Crippen LogP contribution in [0.3, 0.4) is 0 Å². The normalized spacial score (nSPS) is 21.2. The van der Waals surface area contributed by atoms with E-state index in [4.69, 9.17) is 14.7 Å². The van der Waals surface area contributed by atoms with Gasteiger partial charge in [0.2, 0.25) is 0 Å². The molecule has 5 rings (SSSR count). The lowest BCUT2D eigenvalue weighted by Gasteiger charge is -2.31. The Balaban J connectivity index is 1.26. The lowest BCUT2D eigenvalue weighted by molar-refractivity contribution is 0.122. The minimum absolute atomic E-state index is 0.130. The summed E-state index contributed by atoms with van der Waals surface area (Å²) in [6, 6.07) is 6.48. The number of nitriles is 1. The van der Waals surface area contributed by atoms with E-state index < -0.39 is 0 Å². The number of morpholine rings is 1. The molecule has 32 heavy (non-hydrogen) atoms. The third-order valence-electron chi connectivity index (χ3n) is 5.99. The number of fused-ring (bicyclic) bond motifs is 1. The minimum Gasteiger partial charge on any atom is -0.488 e. The Kier molecular flexibility index (Phi) is 5.94. The summed E-state index contributed by atoms with van der Waals surface area (Å²) in [6.07, 6.45) is 10.5. The molecule has 0 amide bonds. The van der Waals surface area contributed by atoms with Gasteiger partial charge in [0.1, 0.15) is 23.2 Å². The smallest absolute Gasteiger partial charge is 0.158 e. The molecule has 0 unspecified atom stereocenters. The van der Waals surface area contributed by atoms with E-state index in [0.717, 1.165) is 74.5 Å². The molecule has 1 aromatic carbocycles. The summed E-state index contributed by atoms with van der Waals surface area (Å²) < 4.78 is 12.0. The van der Waals surface area contributed by atoms with E-state index in [-0.39, 0.29) is 6.10 Å². The molecule has 1 saturated carbocycles. The summed E-state index contributed by atoms with van der Waals surface area (Å²) in [5.74, 6) is 1.50. The van der Waals surface area contributed by atoms with Crippen LogP contribution in [-0.4, -0.2) is 58.4 Å². The fourth-order valence-electron chi connectivity index (χ4n) is 4.30. The predicted octanol–water partition coefficient (Wildman–Crippen LogP) is 2.93. The van der Waals surface area contributed by atoms with Gasteiger partial charge in [-0.15, -0.1) is 0 Å². The first-order valence-corrected chi connectivity index (χ1v) is 11.0. The van der Waals surface area contributed by atoms with Crippen molar-refractivity contribution in [2.45, 2.75) is 37.8 Å². The average Bonchev–Trinajstić information content (AvgIpc) is 2.86. The van der Waals surface area contributed by atoms with Gasteiger partial charge in [-0.3, -0.25) is 4.98 Å². The first-order chi connectivity index (χ1) is 15.8. The van der Waals surface area contributed by atoms with E-state index in [1.807, 2.05) is 6.07 Å². The van der Waals surface area contributed by atoms with E-state index in [2.05, 4.69) is 42.3 Å². The van der Waals surface area contributed by atoms with Gasteiger partial charge >= 0.3 is 0 Å². The van der Waals surface area contributed by atoms with Crippen molar-refractivity contribution in [3.05, 3.63) is 42.6 Å². The zero-order valence-corrected chi connectivity index (χ0v) is 17.8. The molecule has 1 N–H and O–H groups in total. The number of nitrogens with one attached hydrogen (secondary N) is 1. The van der Waals surface area contributed by atoms with Gasteiger partial charge in [0.25, 0.3) is 0 Å². The van der Waals surface area contributed by atoms with Crippen LogP contribution in [0.5, 0.6) is 5.75 Å². The molecule has 9 nitrogen and oxygen atoms in total. The number of benzene rings is 1. The highest BCUT2D eigenvalue weighted by molar-refractivity contribution is 5.85. The summed E-state index contributed by atoms with van der Waals surface area (Å²) in [6.45, 7) is 3.19. The Bertz CT molecular complexity index is 1100. The number of rotatable bonds is 5. The average molecular weight is 432 g/mol. The molecule has 0 spiro atoms. The van der Waals surface area contributed by atoms with E-state index >= 15 is 0 Å². The minimum atomic E-state index is 0.130. The zero-order valence-electron chi connectivity index (χ0n) is 17.8. The summed E-state index contributed by atoms with van der Waals surface area (Å²) in [4.78, 5) is 19.7. The van der Waals surface area contributed by atoms with Crippen LogP contribution in [0.25, 0.3) is 11.0 Å². The summed E-state index contributed by atoms with van der Waals surface area (Å²) in [5.41, 5.74) is 3.08. The highest BCUT2D eigenvalue weighted by Crippen LogP contribution is 2.33. The van der Waals surface area contributed by atoms with Crippen LogP contribution in [-0.2, 0) is 4.74 Å². The molecule has 1 aliphatic carbocycles. The molecule has 0 bridgehead atoms. The molecule has 0 atom stereocenters. The number of hydrogen-bond donors (Lipinski definition) is 1. The molecule has 1 aliphatic heterocycles. The van der Waals surface area contributed by atoms with E-state index in [0.29, 0.717) is 17.6 Å². The van der Waals surface area contributed by atoms with Crippen LogP contribution in [0.15, 0.2) is 36.9 Å². The highest BCUT2D eigenvalue weighted by atomic mass is 16.5. The standard InChI is InChI=1S/C23H25N7O2/c24-13-17-14-28-22(15-27-17)29-16-1-3-19(4-2-16)32-21-12-18(30-7-9-31-10-8-30)11-20-23(21)26-6-5-25-20/h5-6,11-12,14-16,19H,1-4,7-10H2,(H,28,29)/t16-,19+. The number of ether oxygens (including phenoxy) is 2. The molecular formula is C23H25N7O2. The van der Waals surface area contributed by atoms with Crippen molar-refractivity contribution in [1.82, 2.24) is 19.9 Å². The summed E-state index contributed by atoms with van der Waals surface area (Å²) in [7, 11) is 0. The third kappa shape index (κ3) is 4.55. The molecular weight excluding hydrogens is 406 g/mol. The molecule has 3 aromatic rings. The first-order valence-electron chi connectivity index (χ1n) is 11.0. The van der Waals surface area contributed by atoms with Crippen molar-refractivity contribution in [3.63, 3.8) is 0 Å². The van der Waals surface area contributed by atoms with Crippen LogP contribution in [0, 0.1) is 11.3 Å². The molecule has 3 heterocycles. The quantitative estimate of drug-likeness (QED) is 0.652. The van der Waals surface area contributed by atoms with Crippen LogP contribution in [0.4, 0.5) is 11.5 Å². The number of nitrogens with zero attached hydrogens (tertiary/aromatic N) is 6. The van der Waals surface area contributed by atoms with Crippen LogP contribution in [0.1, 0.15) is 31.4 Å². The lowest BCUT2D eigenvalue weighted by atomic mass is 9.93. The summed E-state index contributed by atoms with van der Waals surface area (Å²) in [5, 5.41) is 12.3. The third-order valence-corrected chi connectivity index (χ3v) is 5.99. The molecule has 2 fully saturated rings. The maximum absolute atomic E-state index is 8.85. The van der Waals surface area contributed by atoms with Gasteiger partial charge < -0.3 is 19.7 Å². The number of anilines is 2. The van der Waals surface area contributed by atoms with Crippen molar-refractivity contribution in [3.8, 4) is 11.8 Å². The summed E-state index contributed by atoms with van der Waals surface area (Å²) >= 11 is 0. The molecule has 2 aliphatic rings. The largest absolute Gasteiger partial charge is 0.488 e. The first kappa shape index (κ1) is 20.4. The van der Waals surface area contributed by atoms with Crippen LogP contribution < -0.4 is 15.0 Å². The number of hydrogen-bond acceptors (Lipinski definition) is 9. The number of aromatic nitrogens is 4. The monoisotopic (exact) mass is 431 g/mol. The topological polar surface area (TPSA) is 109 Å². The van der Waals surface area contributed by atoms with Crippen LogP contribution >= 0.6 is 0 Å². The van der Waals surface area contributed by atoms with Crippen molar-refractivity contribution >= 4 is 22.5 Å². The second-order valence-corrected chi connectivity index (χ2v) is 8.10. The fourth-order valence-corrected chi connectivity index (χ4v) is 4.30. The Hall–Kier alpha value is -3.51. The SMILES string of the molecule is N#Cc1cnc(N[C@H]2CC[C@@H](Oc3cc(N4CCOCC4)cc4nccnc34)CC2)cn1. The van der Waals surface area contributed by atoms with Gasteiger partial charge in [0, 0.05) is 43.3 Å². The van der Waals surface area contributed by atoms with Crippen molar-refractivity contribution in [1.29, 1.82) is 5.26 Å². The van der Waals surface area contributed by atoms with Gasteiger partial charge in [-0.1, -0.05) is 0 Å².